The van der Waals surface area contributed by atoms with Crippen LogP contribution in [0.1, 0.15) is 23.1 Å². The van der Waals surface area contributed by atoms with E-state index in [4.69, 9.17) is 9.47 Å². The quantitative estimate of drug-likeness (QED) is 0.260. The van der Waals surface area contributed by atoms with Gasteiger partial charge in [-0.1, -0.05) is 121 Å². The molecule has 1 heterocycles. The van der Waals surface area contributed by atoms with Gasteiger partial charge >= 0.3 is 0 Å². The third-order valence-electron chi connectivity index (χ3n) is 5.84. The number of rotatable bonds is 8. The lowest BCUT2D eigenvalue weighted by Crippen LogP contribution is -2.35. The van der Waals surface area contributed by atoms with Crippen molar-refractivity contribution in [3.8, 4) is 0 Å². The highest BCUT2D eigenvalue weighted by Gasteiger charge is 2.38. The Balaban J connectivity index is 1.43. The molecular weight excluding hydrogens is 424 g/mol. The zero-order valence-electron chi connectivity index (χ0n) is 18.3. The number of hydrogen-bond acceptors (Lipinski definition) is 3. The summed E-state index contributed by atoms with van der Waals surface area (Å²) in [5, 5.41) is 0. The van der Waals surface area contributed by atoms with Crippen LogP contribution in [0.3, 0.4) is 0 Å². The summed E-state index contributed by atoms with van der Waals surface area (Å²) in [6.45, 7) is 0.480. The van der Waals surface area contributed by atoms with Gasteiger partial charge in [0.1, 0.15) is 11.7 Å². The third-order valence-corrected chi connectivity index (χ3v) is 6.87. The van der Waals surface area contributed by atoms with E-state index in [0.717, 1.165) is 23.1 Å². The minimum absolute atomic E-state index is 0.0216. The molecular formula is C30H26O2S. The van der Waals surface area contributed by atoms with Crippen LogP contribution in [-0.4, -0.2) is 12.7 Å². The molecule has 0 radical (unpaired) electrons. The first-order valence-corrected chi connectivity index (χ1v) is 12.0. The minimum atomic E-state index is -0.720. The third kappa shape index (κ3) is 4.75. The summed E-state index contributed by atoms with van der Waals surface area (Å²) in [4.78, 5) is 2.45. The van der Waals surface area contributed by atoms with E-state index < -0.39 is 5.60 Å². The van der Waals surface area contributed by atoms with E-state index in [1.807, 2.05) is 30.5 Å². The average Bonchev–Trinajstić information content (AvgIpc) is 3.34. The molecule has 164 valence electrons. The molecule has 0 fully saturated rings. The molecule has 3 heteroatoms. The molecule has 0 aromatic heterocycles. The Kier molecular flexibility index (Phi) is 6.61. The number of ether oxygens (including phenoxy) is 2. The Morgan fingerprint density at radius 3 is 1.61 bits per heavy atom. The van der Waals surface area contributed by atoms with Crippen LogP contribution in [0.5, 0.6) is 0 Å². The molecule has 5 rings (SSSR count). The molecule has 4 aromatic rings. The predicted molar refractivity (Wildman–Crippen MR) is 135 cm³/mol. The molecule has 2 nitrogen and oxygen atoms in total. The Morgan fingerprint density at radius 2 is 1.12 bits per heavy atom. The summed E-state index contributed by atoms with van der Waals surface area (Å²) < 4.78 is 12.9. The van der Waals surface area contributed by atoms with Crippen molar-refractivity contribution in [3.63, 3.8) is 0 Å². The molecule has 1 aliphatic rings. The Hall–Kier alpha value is -3.27. The van der Waals surface area contributed by atoms with E-state index in [2.05, 4.69) is 97.1 Å². The second-order valence-electron chi connectivity index (χ2n) is 8.05. The lowest BCUT2D eigenvalue weighted by molar-refractivity contribution is -0.0355. The van der Waals surface area contributed by atoms with Crippen molar-refractivity contribution < 1.29 is 9.47 Å². The monoisotopic (exact) mass is 450 g/mol. The van der Waals surface area contributed by atoms with Crippen molar-refractivity contribution in [2.24, 2.45) is 0 Å². The molecule has 1 aliphatic heterocycles. The number of benzene rings is 4. The van der Waals surface area contributed by atoms with Crippen LogP contribution in [0, 0.1) is 0 Å². The Labute approximate surface area is 199 Å². The summed E-state index contributed by atoms with van der Waals surface area (Å²) in [7, 11) is 0. The summed E-state index contributed by atoms with van der Waals surface area (Å²) in [6.07, 6.45) is 2.71. The lowest BCUT2D eigenvalue weighted by atomic mass is 9.80. The maximum atomic E-state index is 6.90. The van der Waals surface area contributed by atoms with Crippen LogP contribution in [0.15, 0.2) is 137 Å². The minimum Gasteiger partial charge on any atom is -0.494 e. The molecule has 0 N–H and O–H groups in total. The van der Waals surface area contributed by atoms with Gasteiger partial charge in [-0.15, -0.1) is 0 Å². The van der Waals surface area contributed by atoms with Gasteiger partial charge in [0.05, 0.1) is 12.9 Å². The molecule has 1 atom stereocenters. The molecule has 0 unspecified atom stereocenters. The van der Waals surface area contributed by atoms with E-state index in [1.165, 1.54) is 9.80 Å². The predicted octanol–water partition coefficient (Wildman–Crippen LogP) is 7.42. The summed E-state index contributed by atoms with van der Waals surface area (Å²) in [5.41, 5.74) is 2.59. The van der Waals surface area contributed by atoms with Crippen molar-refractivity contribution in [2.75, 3.05) is 6.61 Å². The normalized spacial score (nSPS) is 15.6. The van der Waals surface area contributed by atoms with Gasteiger partial charge in [-0.05, 0) is 28.8 Å². The van der Waals surface area contributed by atoms with Gasteiger partial charge in [-0.25, -0.2) is 0 Å². The van der Waals surface area contributed by atoms with Gasteiger partial charge < -0.3 is 9.47 Å². The SMILES string of the molecule is C1=C(Sc2ccccc2)C[C@@H](COC(c2ccccc2)(c2ccccc2)c2ccccc2)O1. The maximum Gasteiger partial charge on any atom is 0.143 e. The fraction of sp³-hybridized carbons (Fsp3) is 0.133. The molecule has 0 saturated carbocycles. The first kappa shape index (κ1) is 21.6. The van der Waals surface area contributed by atoms with Gasteiger partial charge in [-0.3, -0.25) is 0 Å². The summed E-state index contributed by atoms with van der Waals surface area (Å²) >= 11 is 1.76. The second-order valence-corrected chi connectivity index (χ2v) is 9.25. The van der Waals surface area contributed by atoms with Gasteiger partial charge in [0.25, 0.3) is 0 Å². The molecule has 0 bridgehead atoms. The molecule has 0 saturated heterocycles. The van der Waals surface area contributed by atoms with E-state index in [-0.39, 0.29) is 6.10 Å². The molecule has 0 amide bonds. The first-order valence-electron chi connectivity index (χ1n) is 11.2. The maximum absolute atomic E-state index is 6.90. The molecule has 0 spiro atoms. The first-order chi connectivity index (χ1) is 16.3. The van der Waals surface area contributed by atoms with E-state index >= 15 is 0 Å². The largest absolute Gasteiger partial charge is 0.494 e. The standard InChI is InChI=1S/C30H26O2S/c1-5-13-24(14-6-1)30(25-15-7-2-8-16-25,26-17-9-3-10-18-26)32-22-27-21-29(23-31-27)33-28-19-11-4-12-20-28/h1-20,23,27H,21-22H2/t27-/m0/s1. The fourth-order valence-corrected chi connectivity index (χ4v) is 5.25. The van der Waals surface area contributed by atoms with Crippen LogP contribution in [0.25, 0.3) is 0 Å². The fourth-order valence-electron chi connectivity index (χ4n) is 4.28. The van der Waals surface area contributed by atoms with Gasteiger partial charge in [-0.2, -0.15) is 0 Å². The van der Waals surface area contributed by atoms with Crippen LogP contribution in [0.4, 0.5) is 0 Å². The van der Waals surface area contributed by atoms with Crippen LogP contribution >= 0.6 is 11.8 Å². The van der Waals surface area contributed by atoms with E-state index in [9.17, 15) is 0 Å². The Morgan fingerprint density at radius 1 is 0.667 bits per heavy atom. The lowest BCUT2D eigenvalue weighted by Gasteiger charge is -2.36. The van der Waals surface area contributed by atoms with E-state index in [1.54, 1.807) is 11.8 Å². The summed E-state index contributed by atoms with van der Waals surface area (Å²) in [5.74, 6) is 0. The zero-order valence-corrected chi connectivity index (χ0v) is 19.2. The van der Waals surface area contributed by atoms with Crippen LogP contribution in [0.2, 0.25) is 0 Å². The second kappa shape index (κ2) is 10.1. The van der Waals surface area contributed by atoms with Crippen molar-refractivity contribution >= 4 is 11.8 Å². The average molecular weight is 451 g/mol. The highest BCUT2D eigenvalue weighted by Crippen LogP contribution is 2.41. The highest BCUT2D eigenvalue weighted by atomic mass is 32.2. The van der Waals surface area contributed by atoms with Crippen molar-refractivity contribution in [2.45, 2.75) is 23.0 Å². The van der Waals surface area contributed by atoms with Crippen molar-refractivity contribution in [1.82, 2.24) is 0 Å². The zero-order chi connectivity index (χ0) is 22.3. The van der Waals surface area contributed by atoms with Gasteiger partial charge in [0.15, 0.2) is 0 Å². The van der Waals surface area contributed by atoms with Gasteiger partial charge in [0.2, 0.25) is 0 Å². The van der Waals surface area contributed by atoms with Crippen LogP contribution < -0.4 is 0 Å². The molecule has 4 aromatic carbocycles. The Bertz CT molecular complexity index is 1080. The summed E-state index contributed by atoms with van der Waals surface area (Å²) in [6, 6.07) is 41.8. The van der Waals surface area contributed by atoms with E-state index in [0.29, 0.717) is 6.61 Å². The smallest absolute Gasteiger partial charge is 0.143 e. The number of thioether (sulfide) groups is 1. The van der Waals surface area contributed by atoms with Crippen molar-refractivity contribution in [3.05, 3.63) is 149 Å². The topological polar surface area (TPSA) is 18.5 Å². The number of hydrogen-bond donors (Lipinski definition) is 0. The highest BCUT2D eigenvalue weighted by molar-refractivity contribution is 8.03. The molecule has 0 aliphatic carbocycles. The molecule has 33 heavy (non-hydrogen) atoms. The van der Waals surface area contributed by atoms with Crippen molar-refractivity contribution in [1.29, 1.82) is 0 Å². The van der Waals surface area contributed by atoms with Crippen LogP contribution in [-0.2, 0) is 15.1 Å². The van der Waals surface area contributed by atoms with Gasteiger partial charge in [0, 0.05) is 16.2 Å².